The molecule has 1 N–H and O–H groups in total. The van der Waals surface area contributed by atoms with Crippen LogP contribution in [0, 0.1) is 5.92 Å². The molecule has 0 heterocycles. The lowest BCUT2D eigenvalue weighted by Gasteiger charge is -2.20. The Morgan fingerprint density at radius 1 is 1.25 bits per heavy atom. The van der Waals surface area contributed by atoms with Crippen molar-refractivity contribution in [3.05, 3.63) is 29.8 Å². The predicted octanol–water partition coefficient (Wildman–Crippen LogP) is 4.29. The van der Waals surface area contributed by atoms with Crippen LogP contribution in [0.15, 0.2) is 24.3 Å². The molecule has 0 radical (unpaired) electrons. The topological polar surface area (TPSA) is 47.6 Å². The second kappa shape index (κ2) is 8.63. The van der Waals surface area contributed by atoms with Gasteiger partial charge in [-0.05, 0) is 55.7 Å². The Morgan fingerprint density at radius 2 is 2.04 bits per heavy atom. The number of nitrogens with one attached hydrogen (secondary N) is 1. The van der Waals surface area contributed by atoms with Gasteiger partial charge in [0.15, 0.2) is 0 Å². The molecule has 0 spiro atoms. The number of anilines is 1. The molecule has 24 heavy (non-hydrogen) atoms. The van der Waals surface area contributed by atoms with Gasteiger partial charge in [0, 0.05) is 12.3 Å². The highest BCUT2D eigenvalue weighted by Crippen LogP contribution is 2.29. The molecule has 3 rings (SSSR count). The normalized spacial score (nSPS) is 19.4. The van der Waals surface area contributed by atoms with E-state index in [-0.39, 0.29) is 18.1 Å². The average Bonchev–Trinajstić information content (AvgIpc) is 3.26. The van der Waals surface area contributed by atoms with Crippen LogP contribution < -0.4 is 5.32 Å². The van der Waals surface area contributed by atoms with Crippen molar-refractivity contribution in [2.24, 2.45) is 5.92 Å². The monoisotopic (exact) mass is 331 g/mol. The molecule has 4 heteroatoms. The maximum absolute atomic E-state index is 12.5. The summed E-state index contributed by atoms with van der Waals surface area (Å²) in [6.45, 7) is 3.46. The quantitative estimate of drug-likeness (QED) is 0.734. The van der Waals surface area contributed by atoms with E-state index in [1.807, 2.05) is 31.2 Å². The van der Waals surface area contributed by atoms with Crippen LogP contribution in [0.2, 0.25) is 0 Å². The van der Waals surface area contributed by atoms with Crippen LogP contribution in [0.1, 0.15) is 57.4 Å². The summed E-state index contributed by atoms with van der Waals surface area (Å²) >= 11 is 0. The van der Waals surface area contributed by atoms with Crippen LogP contribution in [-0.4, -0.2) is 24.7 Å². The van der Waals surface area contributed by atoms with Crippen molar-refractivity contribution >= 4 is 11.6 Å². The molecule has 4 nitrogen and oxygen atoms in total. The Hall–Kier alpha value is -1.39. The van der Waals surface area contributed by atoms with Crippen molar-refractivity contribution in [3.63, 3.8) is 0 Å². The maximum Gasteiger partial charge on any atom is 0.253 e. The first-order chi connectivity index (χ1) is 11.7. The molecule has 0 saturated heterocycles. The fourth-order valence-corrected chi connectivity index (χ4v) is 3.19. The molecule has 2 aliphatic carbocycles. The third-order valence-corrected chi connectivity index (χ3v) is 4.84. The molecule has 2 saturated carbocycles. The molecule has 2 fully saturated rings. The Kier molecular flexibility index (Phi) is 6.27. The number of rotatable bonds is 9. The van der Waals surface area contributed by atoms with Crippen LogP contribution in [0.4, 0.5) is 5.69 Å². The zero-order valence-corrected chi connectivity index (χ0v) is 14.6. The molecule has 1 aromatic rings. The van der Waals surface area contributed by atoms with Gasteiger partial charge < -0.3 is 14.8 Å². The van der Waals surface area contributed by atoms with Crippen molar-refractivity contribution in [2.75, 3.05) is 11.9 Å². The molecular weight excluding hydrogens is 302 g/mol. The highest BCUT2D eigenvalue weighted by molar-refractivity contribution is 5.94. The van der Waals surface area contributed by atoms with E-state index in [9.17, 15) is 4.79 Å². The van der Waals surface area contributed by atoms with Crippen LogP contribution >= 0.6 is 0 Å². The van der Waals surface area contributed by atoms with Crippen molar-refractivity contribution in [2.45, 2.75) is 70.7 Å². The van der Waals surface area contributed by atoms with E-state index in [4.69, 9.17) is 9.47 Å². The van der Waals surface area contributed by atoms with E-state index in [1.165, 1.54) is 25.7 Å². The maximum atomic E-state index is 12.5. The van der Waals surface area contributed by atoms with E-state index >= 15 is 0 Å². The molecule has 2 aliphatic rings. The SMILES string of the molecule is CCC(OC1CCCC1)C(=O)Nc1cccc(COCC2CC2)c1. The molecule has 1 aromatic carbocycles. The smallest absolute Gasteiger partial charge is 0.253 e. The van der Waals surface area contributed by atoms with Gasteiger partial charge in [0.25, 0.3) is 5.91 Å². The van der Waals surface area contributed by atoms with Gasteiger partial charge >= 0.3 is 0 Å². The molecule has 1 atom stereocenters. The molecule has 0 aromatic heterocycles. The molecular formula is C20H29NO3. The van der Waals surface area contributed by atoms with Crippen LogP contribution in [-0.2, 0) is 20.9 Å². The lowest BCUT2D eigenvalue weighted by molar-refractivity contribution is -0.131. The summed E-state index contributed by atoms with van der Waals surface area (Å²) in [5.74, 6) is 0.728. The first-order valence-corrected chi connectivity index (χ1v) is 9.37. The van der Waals surface area contributed by atoms with Gasteiger partial charge in [0.2, 0.25) is 0 Å². The zero-order valence-electron chi connectivity index (χ0n) is 14.6. The molecule has 1 amide bonds. The molecule has 132 valence electrons. The summed E-state index contributed by atoms with van der Waals surface area (Å²) in [6, 6.07) is 7.91. The minimum Gasteiger partial charge on any atom is -0.376 e. The summed E-state index contributed by atoms with van der Waals surface area (Å²) in [4.78, 5) is 12.5. The first-order valence-electron chi connectivity index (χ1n) is 9.37. The van der Waals surface area contributed by atoms with Gasteiger partial charge in [0.1, 0.15) is 6.10 Å². The lowest BCUT2D eigenvalue weighted by Crippen LogP contribution is -2.32. The summed E-state index contributed by atoms with van der Waals surface area (Å²) in [5.41, 5.74) is 1.92. The predicted molar refractivity (Wildman–Crippen MR) is 94.9 cm³/mol. The summed E-state index contributed by atoms with van der Waals surface area (Å²) in [5, 5.41) is 3.00. The number of ether oxygens (including phenoxy) is 2. The third-order valence-electron chi connectivity index (χ3n) is 4.84. The second-order valence-corrected chi connectivity index (χ2v) is 7.09. The number of carbonyl (C=O) groups excluding carboxylic acids is 1. The standard InChI is InChI=1S/C20H29NO3/c1-2-19(24-18-8-3-4-9-18)20(22)21-17-7-5-6-16(12-17)14-23-13-15-10-11-15/h5-7,12,15,18-19H,2-4,8-11,13-14H2,1H3,(H,21,22). The van der Waals surface area contributed by atoms with Gasteiger partial charge in [-0.3, -0.25) is 4.79 Å². The van der Waals surface area contributed by atoms with Crippen LogP contribution in [0.25, 0.3) is 0 Å². The van der Waals surface area contributed by atoms with E-state index in [2.05, 4.69) is 5.32 Å². The largest absolute Gasteiger partial charge is 0.376 e. The number of amides is 1. The van der Waals surface area contributed by atoms with Gasteiger partial charge in [0.05, 0.1) is 12.7 Å². The Labute approximate surface area is 144 Å². The van der Waals surface area contributed by atoms with Gasteiger partial charge in [-0.1, -0.05) is 31.9 Å². The number of carbonyl (C=O) groups is 1. The Morgan fingerprint density at radius 3 is 2.75 bits per heavy atom. The third kappa shape index (κ3) is 5.32. The summed E-state index contributed by atoms with van der Waals surface area (Å²) in [7, 11) is 0. The fraction of sp³-hybridized carbons (Fsp3) is 0.650. The highest BCUT2D eigenvalue weighted by Gasteiger charge is 2.24. The van der Waals surface area contributed by atoms with E-state index < -0.39 is 0 Å². The first kappa shape index (κ1) is 17.4. The van der Waals surface area contributed by atoms with Gasteiger partial charge in [-0.15, -0.1) is 0 Å². The number of hydrogen-bond donors (Lipinski definition) is 1. The lowest BCUT2D eigenvalue weighted by atomic mass is 10.2. The van der Waals surface area contributed by atoms with E-state index in [0.717, 1.165) is 36.6 Å². The minimum absolute atomic E-state index is 0.0413. The second-order valence-electron chi connectivity index (χ2n) is 7.09. The van der Waals surface area contributed by atoms with E-state index in [0.29, 0.717) is 13.0 Å². The van der Waals surface area contributed by atoms with Crippen LogP contribution in [0.5, 0.6) is 0 Å². The van der Waals surface area contributed by atoms with Gasteiger partial charge in [-0.25, -0.2) is 0 Å². The molecule has 1 unspecified atom stereocenters. The number of benzene rings is 1. The van der Waals surface area contributed by atoms with E-state index in [1.54, 1.807) is 0 Å². The Bertz CT molecular complexity index is 535. The van der Waals surface area contributed by atoms with Gasteiger partial charge in [-0.2, -0.15) is 0 Å². The van der Waals surface area contributed by atoms with Crippen molar-refractivity contribution < 1.29 is 14.3 Å². The molecule has 0 aliphatic heterocycles. The van der Waals surface area contributed by atoms with Crippen LogP contribution in [0.3, 0.4) is 0 Å². The average molecular weight is 331 g/mol. The van der Waals surface area contributed by atoms with Crippen molar-refractivity contribution in [3.8, 4) is 0 Å². The Balaban J connectivity index is 1.49. The minimum atomic E-state index is -0.358. The van der Waals surface area contributed by atoms with Crippen molar-refractivity contribution in [1.29, 1.82) is 0 Å². The molecule has 0 bridgehead atoms. The highest BCUT2D eigenvalue weighted by atomic mass is 16.5. The number of hydrogen-bond acceptors (Lipinski definition) is 3. The summed E-state index contributed by atoms with van der Waals surface area (Å²) in [6.07, 6.45) is 7.79. The van der Waals surface area contributed by atoms with Crippen molar-refractivity contribution in [1.82, 2.24) is 0 Å². The zero-order chi connectivity index (χ0) is 16.8. The summed E-state index contributed by atoms with van der Waals surface area (Å²) < 4.78 is 11.7. The fourth-order valence-electron chi connectivity index (χ4n) is 3.19.